The summed E-state index contributed by atoms with van der Waals surface area (Å²) >= 11 is 0. The van der Waals surface area contributed by atoms with Crippen LogP contribution in [-0.4, -0.2) is 17.9 Å². The van der Waals surface area contributed by atoms with Crippen molar-refractivity contribution in [3.8, 4) is 0 Å². The van der Waals surface area contributed by atoms with E-state index in [0.29, 0.717) is 0 Å². The van der Waals surface area contributed by atoms with Gasteiger partial charge in [-0.25, -0.2) is 0 Å². The Morgan fingerprint density at radius 1 is 1.46 bits per heavy atom. The van der Waals surface area contributed by atoms with Gasteiger partial charge in [0.15, 0.2) is 0 Å². The fourth-order valence-corrected chi connectivity index (χ4v) is 1.15. The molecule has 0 amide bonds. The van der Waals surface area contributed by atoms with Crippen molar-refractivity contribution >= 4 is 8.25 Å². The van der Waals surface area contributed by atoms with E-state index in [0.717, 1.165) is 13.8 Å². The fraction of sp³-hybridized carbons (Fsp3) is 1.00. The number of rotatable bonds is 5. The van der Waals surface area contributed by atoms with Gasteiger partial charge in [0, 0.05) is 0 Å². The molecule has 0 spiro atoms. The molecule has 0 aliphatic carbocycles. The molecule has 82 valence electrons. The van der Waals surface area contributed by atoms with Crippen LogP contribution in [0.3, 0.4) is 0 Å². The summed E-state index contributed by atoms with van der Waals surface area (Å²) in [7, 11) is -5.53. The molecular formula is C5H11F4O3P. The normalized spacial score (nSPS) is 15.1. The Bertz CT molecular complexity index is 164. The van der Waals surface area contributed by atoms with Crippen LogP contribution >= 0.6 is 8.25 Å². The predicted molar refractivity (Wildman–Crippen MR) is 39.6 cm³/mol. The summed E-state index contributed by atoms with van der Waals surface area (Å²) in [5.74, 6) is -1.34. The van der Waals surface area contributed by atoms with Crippen molar-refractivity contribution in [3.63, 3.8) is 0 Å². The van der Waals surface area contributed by atoms with Gasteiger partial charge in [-0.15, -0.1) is 0 Å². The maximum atomic E-state index is 12.6. The second kappa shape index (κ2) is 4.50. The Morgan fingerprint density at radius 2 is 1.92 bits per heavy atom. The molecule has 0 aromatic carbocycles. The van der Waals surface area contributed by atoms with Crippen LogP contribution in [0.1, 0.15) is 13.8 Å². The first-order chi connectivity index (χ1) is 5.71. The van der Waals surface area contributed by atoms with Crippen molar-refractivity contribution in [3.05, 3.63) is 0 Å². The van der Waals surface area contributed by atoms with E-state index >= 15 is 0 Å². The van der Waals surface area contributed by atoms with Crippen molar-refractivity contribution < 1.29 is 31.3 Å². The van der Waals surface area contributed by atoms with Gasteiger partial charge in [-0.05, 0) is 0 Å². The van der Waals surface area contributed by atoms with Crippen LogP contribution in [0.4, 0.5) is 17.4 Å². The van der Waals surface area contributed by atoms with Crippen molar-refractivity contribution in [2.24, 2.45) is 5.92 Å². The summed E-state index contributed by atoms with van der Waals surface area (Å²) < 4.78 is 55.7. The molecule has 0 aliphatic rings. The third-order valence-corrected chi connectivity index (χ3v) is 2.16. The quantitative estimate of drug-likeness (QED) is 0.578. The molecule has 0 saturated carbocycles. The van der Waals surface area contributed by atoms with Gasteiger partial charge in [0.25, 0.3) is 0 Å². The molecular weight excluding hydrogens is 215 g/mol. The molecule has 0 aromatic heterocycles. The molecule has 0 heterocycles. The van der Waals surface area contributed by atoms with Gasteiger partial charge in [0.05, 0.1) is 0 Å². The molecule has 13 heavy (non-hydrogen) atoms. The SMILES string of the molecule is CC(C)C(F)(F)O[PH](O)(F)OCF. The summed E-state index contributed by atoms with van der Waals surface area (Å²) in [6.45, 7) is 0.396. The molecule has 3 nitrogen and oxygen atoms in total. The summed E-state index contributed by atoms with van der Waals surface area (Å²) in [4.78, 5) is 8.41. The van der Waals surface area contributed by atoms with E-state index in [1.807, 2.05) is 0 Å². The van der Waals surface area contributed by atoms with Gasteiger partial charge < -0.3 is 0 Å². The van der Waals surface area contributed by atoms with Crippen molar-refractivity contribution in [1.29, 1.82) is 0 Å². The van der Waals surface area contributed by atoms with Gasteiger partial charge in [0.1, 0.15) is 0 Å². The Kier molecular flexibility index (Phi) is 4.51. The van der Waals surface area contributed by atoms with Gasteiger partial charge >= 0.3 is 72.3 Å². The van der Waals surface area contributed by atoms with E-state index < -0.39 is 27.1 Å². The average Bonchev–Trinajstić information content (AvgIpc) is 1.83. The van der Waals surface area contributed by atoms with Crippen LogP contribution in [0, 0.1) is 5.92 Å². The first-order valence-electron chi connectivity index (χ1n) is 3.40. The van der Waals surface area contributed by atoms with Crippen LogP contribution in [0.15, 0.2) is 0 Å². The first-order valence-corrected chi connectivity index (χ1v) is 5.04. The number of alkyl halides is 3. The fourth-order valence-electron chi connectivity index (χ4n) is 0.382. The van der Waals surface area contributed by atoms with Gasteiger partial charge in [0.2, 0.25) is 0 Å². The van der Waals surface area contributed by atoms with Crippen LogP contribution < -0.4 is 0 Å². The van der Waals surface area contributed by atoms with Crippen molar-refractivity contribution in [1.82, 2.24) is 0 Å². The Hall–Kier alpha value is 0.0300. The minimum absolute atomic E-state index is 1.06. The number of halogens is 4. The second-order valence-electron chi connectivity index (χ2n) is 2.58. The van der Waals surface area contributed by atoms with Crippen LogP contribution in [0.2, 0.25) is 0 Å². The molecule has 0 aliphatic heterocycles. The third kappa shape index (κ3) is 4.71. The van der Waals surface area contributed by atoms with Gasteiger partial charge in [-0.1, -0.05) is 0 Å². The van der Waals surface area contributed by atoms with Crippen LogP contribution in [-0.2, 0) is 9.05 Å². The van der Waals surface area contributed by atoms with E-state index in [9.17, 15) is 17.4 Å². The van der Waals surface area contributed by atoms with E-state index in [2.05, 4.69) is 9.05 Å². The molecule has 0 rings (SSSR count). The molecule has 0 radical (unpaired) electrons. The predicted octanol–water partition coefficient (Wildman–Crippen LogP) is 2.57. The summed E-state index contributed by atoms with van der Waals surface area (Å²) in [6, 6.07) is 0. The van der Waals surface area contributed by atoms with E-state index in [1.54, 1.807) is 0 Å². The summed E-state index contributed by atoms with van der Waals surface area (Å²) in [6.07, 6.45) is -3.87. The van der Waals surface area contributed by atoms with Crippen molar-refractivity contribution in [2.45, 2.75) is 20.0 Å². The zero-order chi connectivity index (χ0) is 10.7. The summed E-state index contributed by atoms with van der Waals surface area (Å²) in [5, 5.41) is 0. The van der Waals surface area contributed by atoms with Crippen LogP contribution in [0.5, 0.6) is 0 Å². The topological polar surface area (TPSA) is 38.7 Å². The number of hydrogen-bond acceptors (Lipinski definition) is 3. The Balaban J connectivity index is 4.24. The molecule has 1 N–H and O–H groups in total. The molecule has 0 atom stereocenters. The first kappa shape index (κ1) is 13.0. The Morgan fingerprint density at radius 3 is 2.23 bits per heavy atom. The molecule has 0 aromatic rings. The maximum absolute atomic E-state index is 12.6. The minimum atomic E-state index is -5.53. The monoisotopic (exact) mass is 226 g/mol. The zero-order valence-electron chi connectivity index (χ0n) is 7.06. The van der Waals surface area contributed by atoms with Gasteiger partial charge in [-0.2, -0.15) is 0 Å². The van der Waals surface area contributed by atoms with E-state index in [-0.39, 0.29) is 0 Å². The summed E-state index contributed by atoms with van der Waals surface area (Å²) in [5.41, 5.74) is 0. The van der Waals surface area contributed by atoms with Crippen LogP contribution in [0.25, 0.3) is 0 Å². The standard InChI is InChI=1S/C5H11F4O3P/c1-4(2)5(7,8)12-13(9,10)11-3-6/h4,10,13H,3H2,1-2H3. The molecule has 0 bridgehead atoms. The molecule has 8 heteroatoms. The molecule has 0 fully saturated rings. The molecule has 0 unspecified atom stereocenters. The number of hydrogen-bond donors (Lipinski definition) is 1. The Labute approximate surface area is 73.3 Å². The second-order valence-corrected chi connectivity index (χ2v) is 4.08. The zero-order valence-corrected chi connectivity index (χ0v) is 8.06. The third-order valence-electron chi connectivity index (χ3n) is 1.17. The van der Waals surface area contributed by atoms with Crippen molar-refractivity contribution in [2.75, 3.05) is 6.86 Å². The van der Waals surface area contributed by atoms with Gasteiger partial charge in [-0.3, -0.25) is 0 Å². The average molecular weight is 226 g/mol. The van der Waals surface area contributed by atoms with E-state index in [1.165, 1.54) is 0 Å². The molecule has 0 saturated heterocycles. The van der Waals surface area contributed by atoms with E-state index in [4.69, 9.17) is 4.89 Å².